The van der Waals surface area contributed by atoms with Gasteiger partial charge in [0.15, 0.2) is 0 Å². The van der Waals surface area contributed by atoms with E-state index in [0.29, 0.717) is 11.3 Å². The predicted octanol–water partition coefficient (Wildman–Crippen LogP) is 2.31. The van der Waals surface area contributed by atoms with Crippen molar-refractivity contribution in [1.82, 2.24) is 15.0 Å². The van der Waals surface area contributed by atoms with Crippen LogP contribution in [0.15, 0.2) is 65.8 Å². The molecular weight excluding hydrogens is 268 g/mol. The molecular formula is C15H12N4O2. The maximum Gasteiger partial charge on any atom is 0.304 e. The first kappa shape index (κ1) is 13.0. The summed E-state index contributed by atoms with van der Waals surface area (Å²) in [4.78, 5) is 26.3. The van der Waals surface area contributed by atoms with Gasteiger partial charge in [-0.2, -0.15) is 0 Å². The maximum atomic E-state index is 12.6. The fourth-order valence-electron chi connectivity index (χ4n) is 1.89. The van der Waals surface area contributed by atoms with E-state index in [9.17, 15) is 4.79 Å². The van der Waals surface area contributed by atoms with E-state index >= 15 is 0 Å². The van der Waals surface area contributed by atoms with Gasteiger partial charge in [0.1, 0.15) is 6.26 Å². The first-order chi connectivity index (χ1) is 10.3. The third kappa shape index (κ3) is 2.94. The van der Waals surface area contributed by atoms with Crippen LogP contribution in [0.2, 0.25) is 0 Å². The molecule has 3 aromatic rings. The smallest absolute Gasteiger partial charge is 0.304 e. The molecule has 0 aliphatic heterocycles. The molecule has 1 amide bonds. The molecule has 21 heavy (non-hydrogen) atoms. The highest BCUT2D eigenvalue weighted by Gasteiger charge is 2.22. The van der Waals surface area contributed by atoms with Crippen molar-refractivity contribution in [2.75, 3.05) is 4.90 Å². The van der Waals surface area contributed by atoms with Gasteiger partial charge in [0.25, 0.3) is 5.91 Å². The molecule has 0 bridgehead atoms. The van der Waals surface area contributed by atoms with E-state index in [-0.39, 0.29) is 18.5 Å². The number of carbonyl (C=O) groups excluding carboxylic acids is 1. The van der Waals surface area contributed by atoms with Crippen LogP contribution in [-0.2, 0) is 6.54 Å². The van der Waals surface area contributed by atoms with E-state index in [4.69, 9.17) is 4.42 Å². The number of benzene rings is 1. The van der Waals surface area contributed by atoms with Crippen LogP contribution in [0.5, 0.6) is 0 Å². The fraction of sp³-hybridized carbons (Fsp3) is 0.0667. The minimum Gasteiger partial charge on any atom is -0.432 e. The van der Waals surface area contributed by atoms with Crippen LogP contribution in [0.25, 0.3) is 0 Å². The summed E-state index contributed by atoms with van der Waals surface area (Å²) >= 11 is 0. The highest BCUT2D eigenvalue weighted by atomic mass is 16.4. The summed E-state index contributed by atoms with van der Waals surface area (Å²) in [6.07, 6.45) is 7.69. The largest absolute Gasteiger partial charge is 0.432 e. The molecule has 2 aromatic heterocycles. The molecule has 0 N–H and O–H groups in total. The van der Waals surface area contributed by atoms with E-state index in [2.05, 4.69) is 15.0 Å². The van der Waals surface area contributed by atoms with Crippen molar-refractivity contribution in [3.05, 3.63) is 72.6 Å². The molecule has 104 valence electrons. The number of hydrogen-bond acceptors (Lipinski definition) is 5. The zero-order valence-electron chi connectivity index (χ0n) is 11.1. The molecule has 0 fully saturated rings. The Hall–Kier alpha value is -3.02. The van der Waals surface area contributed by atoms with Crippen molar-refractivity contribution < 1.29 is 9.21 Å². The topological polar surface area (TPSA) is 72.1 Å². The first-order valence-electron chi connectivity index (χ1n) is 6.36. The molecule has 0 spiro atoms. The lowest BCUT2D eigenvalue weighted by molar-refractivity contribution is 0.0979. The highest BCUT2D eigenvalue weighted by Crippen LogP contribution is 2.17. The number of nitrogens with zero attached hydrogens (tertiary/aromatic N) is 4. The van der Waals surface area contributed by atoms with Crippen molar-refractivity contribution in [2.24, 2.45) is 0 Å². The van der Waals surface area contributed by atoms with E-state index in [1.807, 2.05) is 18.2 Å². The summed E-state index contributed by atoms with van der Waals surface area (Å²) in [5.74, 6) is -0.205. The van der Waals surface area contributed by atoms with E-state index in [1.54, 1.807) is 30.7 Å². The van der Waals surface area contributed by atoms with Gasteiger partial charge in [-0.3, -0.25) is 19.7 Å². The van der Waals surface area contributed by atoms with E-state index < -0.39 is 0 Å². The van der Waals surface area contributed by atoms with Gasteiger partial charge in [0.2, 0.25) is 0 Å². The average molecular weight is 280 g/mol. The number of rotatable bonds is 4. The molecule has 0 aliphatic rings. The van der Waals surface area contributed by atoms with E-state index in [0.717, 1.165) is 0 Å². The number of oxazole rings is 1. The lowest BCUT2D eigenvalue weighted by Crippen LogP contribution is -2.31. The third-order valence-corrected chi connectivity index (χ3v) is 2.85. The second-order valence-electron chi connectivity index (χ2n) is 4.27. The van der Waals surface area contributed by atoms with Gasteiger partial charge in [0, 0.05) is 18.0 Å². The number of amides is 1. The molecule has 0 aliphatic carbocycles. The zero-order chi connectivity index (χ0) is 14.5. The summed E-state index contributed by atoms with van der Waals surface area (Å²) in [6, 6.07) is 9.19. The van der Waals surface area contributed by atoms with E-state index in [1.165, 1.54) is 17.4 Å². The van der Waals surface area contributed by atoms with Crippen LogP contribution in [0.4, 0.5) is 6.01 Å². The van der Waals surface area contributed by atoms with Gasteiger partial charge in [-0.25, -0.2) is 4.98 Å². The predicted molar refractivity (Wildman–Crippen MR) is 75.5 cm³/mol. The van der Waals surface area contributed by atoms with Crippen LogP contribution in [-0.4, -0.2) is 20.9 Å². The van der Waals surface area contributed by atoms with Crippen molar-refractivity contribution in [2.45, 2.75) is 6.54 Å². The first-order valence-corrected chi connectivity index (χ1v) is 6.36. The second-order valence-corrected chi connectivity index (χ2v) is 4.27. The highest BCUT2D eigenvalue weighted by molar-refractivity contribution is 6.04. The molecule has 2 heterocycles. The van der Waals surface area contributed by atoms with Crippen LogP contribution in [0.3, 0.4) is 0 Å². The molecule has 3 rings (SSSR count). The Morgan fingerprint density at radius 2 is 1.95 bits per heavy atom. The Morgan fingerprint density at radius 3 is 2.62 bits per heavy atom. The third-order valence-electron chi connectivity index (χ3n) is 2.85. The molecule has 1 aromatic carbocycles. The molecule has 6 heteroatoms. The molecule has 0 radical (unpaired) electrons. The summed E-state index contributed by atoms with van der Waals surface area (Å²) in [7, 11) is 0. The Morgan fingerprint density at radius 1 is 1.10 bits per heavy atom. The van der Waals surface area contributed by atoms with Gasteiger partial charge in [0.05, 0.1) is 24.6 Å². The average Bonchev–Trinajstić information content (AvgIpc) is 3.08. The van der Waals surface area contributed by atoms with Crippen molar-refractivity contribution in [3.8, 4) is 0 Å². The SMILES string of the molecule is O=C(c1ccccc1)N(Cc1cnccn1)c1ncco1. The summed E-state index contributed by atoms with van der Waals surface area (Å²) < 4.78 is 5.26. The number of anilines is 1. The normalized spacial score (nSPS) is 10.3. The van der Waals surface area contributed by atoms with Crippen LogP contribution >= 0.6 is 0 Å². The zero-order valence-corrected chi connectivity index (χ0v) is 11.1. The second kappa shape index (κ2) is 5.96. The standard InChI is InChI=1S/C15H12N4O2/c20-14(12-4-2-1-3-5-12)19(15-18-8-9-21-15)11-13-10-16-6-7-17-13/h1-10H,11H2. The van der Waals surface area contributed by atoms with Crippen molar-refractivity contribution in [1.29, 1.82) is 0 Å². The molecule has 0 saturated carbocycles. The van der Waals surface area contributed by atoms with Crippen LogP contribution in [0.1, 0.15) is 16.1 Å². The minimum atomic E-state index is -0.205. The number of aromatic nitrogens is 3. The van der Waals surface area contributed by atoms with Crippen LogP contribution < -0.4 is 4.90 Å². The van der Waals surface area contributed by atoms with Crippen LogP contribution in [0, 0.1) is 0 Å². The summed E-state index contributed by atoms with van der Waals surface area (Å²) in [5, 5.41) is 0. The van der Waals surface area contributed by atoms with Crippen molar-refractivity contribution >= 4 is 11.9 Å². The Kier molecular flexibility index (Phi) is 3.68. The van der Waals surface area contributed by atoms with Crippen molar-refractivity contribution in [3.63, 3.8) is 0 Å². The summed E-state index contributed by atoms with van der Waals surface area (Å²) in [6.45, 7) is 0.238. The Balaban J connectivity index is 1.92. The Labute approximate surface area is 121 Å². The number of carbonyl (C=O) groups is 1. The molecule has 0 atom stereocenters. The van der Waals surface area contributed by atoms with Gasteiger partial charge < -0.3 is 4.42 Å². The van der Waals surface area contributed by atoms with Gasteiger partial charge in [-0.15, -0.1) is 0 Å². The van der Waals surface area contributed by atoms with Gasteiger partial charge in [-0.05, 0) is 12.1 Å². The van der Waals surface area contributed by atoms with Gasteiger partial charge >= 0.3 is 6.01 Å². The lowest BCUT2D eigenvalue weighted by Gasteiger charge is -2.18. The van der Waals surface area contributed by atoms with Gasteiger partial charge in [-0.1, -0.05) is 18.2 Å². The summed E-state index contributed by atoms with van der Waals surface area (Å²) in [5.41, 5.74) is 1.21. The Bertz CT molecular complexity index is 699. The fourth-order valence-corrected chi connectivity index (χ4v) is 1.89. The molecule has 0 saturated heterocycles. The maximum absolute atomic E-state index is 12.6. The number of hydrogen-bond donors (Lipinski definition) is 0. The lowest BCUT2D eigenvalue weighted by atomic mass is 10.2. The monoisotopic (exact) mass is 280 g/mol. The minimum absolute atomic E-state index is 0.205. The molecule has 0 unspecified atom stereocenters. The molecule has 6 nitrogen and oxygen atoms in total. The quantitative estimate of drug-likeness (QED) is 0.733.